The summed E-state index contributed by atoms with van der Waals surface area (Å²) in [6.45, 7) is 0. The highest BCUT2D eigenvalue weighted by molar-refractivity contribution is 7.07. The number of rotatable bonds is 1. The first-order chi connectivity index (χ1) is 3.80. The average molecular weight is 129 g/mol. The van der Waals surface area contributed by atoms with Crippen molar-refractivity contribution in [2.45, 2.75) is 0 Å². The van der Waals surface area contributed by atoms with Crippen LogP contribution in [0.25, 0.3) is 0 Å². The Labute approximate surface area is 48.9 Å². The highest BCUT2D eigenvalue weighted by Gasteiger charge is 2.05. The number of aromatic nitrogens is 2. The van der Waals surface area contributed by atoms with Crippen molar-refractivity contribution < 1.29 is 9.90 Å². The number of carbonyl (C=O) groups is 1. The highest BCUT2D eigenvalue weighted by Crippen LogP contribution is 1.99. The summed E-state index contributed by atoms with van der Waals surface area (Å²) in [6.07, 6.45) is 1.15. The second-order valence-corrected chi connectivity index (χ2v) is 1.85. The van der Waals surface area contributed by atoms with E-state index in [0.29, 0.717) is 0 Å². The van der Waals surface area contributed by atoms with Gasteiger partial charge in [-0.2, -0.15) is 0 Å². The summed E-state index contributed by atoms with van der Waals surface area (Å²) in [6, 6.07) is 0. The first kappa shape index (κ1) is 5.17. The van der Waals surface area contributed by atoms with Crippen LogP contribution in [-0.2, 0) is 5.11 Å². The van der Waals surface area contributed by atoms with Gasteiger partial charge in [-0.1, -0.05) is 4.49 Å². The molecule has 1 rings (SSSR count). The summed E-state index contributed by atoms with van der Waals surface area (Å²) in [4.78, 5) is 9.94. The summed E-state index contributed by atoms with van der Waals surface area (Å²) in [5.74, 6) is -1.22. The number of nitrogens with zero attached hydrogens (tertiary/aromatic N) is 2. The van der Waals surface area contributed by atoms with E-state index in [2.05, 4.69) is 9.59 Å². The summed E-state index contributed by atoms with van der Waals surface area (Å²) in [7, 11) is 0. The number of hydrogen-bond donors (Lipinski definition) is 0. The molecule has 1 radical (unpaired) electrons. The van der Waals surface area contributed by atoms with Crippen molar-refractivity contribution in [1.82, 2.24) is 9.59 Å². The van der Waals surface area contributed by atoms with Crippen molar-refractivity contribution in [1.29, 1.82) is 0 Å². The van der Waals surface area contributed by atoms with Crippen LogP contribution in [0.1, 0.15) is 9.67 Å². The summed E-state index contributed by atoms with van der Waals surface area (Å²) < 4.78 is 3.31. The zero-order valence-corrected chi connectivity index (χ0v) is 4.51. The fourth-order valence-corrected chi connectivity index (χ4v) is 0.608. The van der Waals surface area contributed by atoms with Crippen molar-refractivity contribution in [2.24, 2.45) is 0 Å². The summed E-state index contributed by atoms with van der Waals surface area (Å²) >= 11 is 0.808. The van der Waals surface area contributed by atoms with Gasteiger partial charge in [0.15, 0.2) is 4.88 Å². The van der Waals surface area contributed by atoms with Gasteiger partial charge in [-0.05, 0) is 11.5 Å². The third kappa shape index (κ3) is 0.812. The van der Waals surface area contributed by atoms with Crippen LogP contribution >= 0.6 is 11.5 Å². The van der Waals surface area contributed by atoms with Crippen LogP contribution in [0.3, 0.4) is 0 Å². The maximum atomic E-state index is 9.88. The molecule has 0 aliphatic carbocycles. The molecule has 1 aromatic rings. The Morgan fingerprint density at radius 3 is 2.75 bits per heavy atom. The smallest absolute Gasteiger partial charge is 0.240 e. The van der Waals surface area contributed by atoms with E-state index in [1.54, 1.807) is 0 Å². The van der Waals surface area contributed by atoms with E-state index >= 15 is 0 Å². The number of hydrogen-bond acceptors (Lipinski definition) is 4. The van der Waals surface area contributed by atoms with E-state index < -0.39 is 5.97 Å². The molecule has 0 spiro atoms. The Hall–Kier alpha value is -0.970. The molecule has 1 heterocycles. The van der Waals surface area contributed by atoms with Crippen molar-refractivity contribution in [3.8, 4) is 0 Å². The van der Waals surface area contributed by atoms with Crippen LogP contribution in [0.5, 0.6) is 0 Å². The van der Waals surface area contributed by atoms with E-state index in [0.717, 1.165) is 17.7 Å². The fraction of sp³-hybridized carbons (Fsp3) is 0. The van der Waals surface area contributed by atoms with Crippen molar-refractivity contribution in [3.63, 3.8) is 0 Å². The summed E-state index contributed by atoms with van der Waals surface area (Å²) in [5.41, 5.74) is 0. The molecule has 8 heavy (non-hydrogen) atoms. The van der Waals surface area contributed by atoms with Gasteiger partial charge in [-0.15, -0.1) is 5.10 Å². The minimum Gasteiger partial charge on any atom is -0.240 e. The van der Waals surface area contributed by atoms with Crippen LogP contribution in [0.4, 0.5) is 0 Å². The lowest BCUT2D eigenvalue weighted by Gasteiger charge is -1.70. The first-order valence-electron chi connectivity index (χ1n) is 1.79. The van der Waals surface area contributed by atoms with Gasteiger partial charge in [0.2, 0.25) is 0 Å². The standard InChI is InChI=1S/C3HN2O2S/c6-3(7)2-1-4-5-8-2/h1H. The highest BCUT2D eigenvalue weighted by atomic mass is 32.1. The zero-order valence-electron chi connectivity index (χ0n) is 3.70. The van der Waals surface area contributed by atoms with E-state index in [1.807, 2.05) is 0 Å². The molecule has 0 amide bonds. The normalized spacial score (nSPS) is 9.00. The third-order valence-electron chi connectivity index (χ3n) is 0.562. The van der Waals surface area contributed by atoms with E-state index in [-0.39, 0.29) is 4.88 Å². The van der Waals surface area contributed by atoms with Crippen molar-refractivity contribution in [2.75, 3.05) is 0 Å². The Morgan fingerprint density at radius 2 is 2.50 bits per heavy atom. The lowest BCUT2D eigenvalue weighted by Crippen LogP contribution is -1.86. The second kappa shape index (κ2) is 1.87. The molecular weight excluding hydrogens is 128 g/mol. The van der Waals surface area contributed by atoms with Crippen LogP contribution in [0, 0.1) is 0 Å². The summed E-state index contributed by atoms with van der Waals surface area (Å²) in [5, 5.41) is 13.2. The topological polar surface area (TPSA) is 62.8 Å². The molecule has 0 atom stereocenters. The minimum absolute atomic E-state index is 0.0602. The molecule has 0 saturated carbocycles. The Bertz CT molecular complexity index is 183. The number of carbonyl (C=O) groups excluding carboxylic acids is 1. The minimum atomic E-state index is -1.22. The molecule has 4 nitrogen and oxygen atoms in total. The molecule has 1 aromatic heterocycles. The third-order valence-corrected chi connectivity index (χ3v) is 1.21. The van der Waals surface area contributed by atoms with Gasteiger partial charge in [-0.25, -0.2) is 9.90 Å². The Morgan fingerprint density at radius 1 is 1.75 bits per heavy atom. The van der Waals surface area contributed by atoms with Gasteiger partial charge in [0.05, 0.1) is 6.20 Å². The molecule has 0 unspecified atom stereocenters. The van der Waals surface area contributed by atoms with E-state index in [4.69, 9.17) is 0 Å². The van der Waals surface area contributed by atoms with Crippen molar-refractivity contribution in [3.05, 3.63) is 11.1 Å². The van der Waals surface area contributed by atoms with E-state index in [9.17, 15) is 9.90 Å². The predicted octanol–water partition coefficient (Wildman–Crippen LogP) is 0.109. The molecule has 0 saturated heterocycles. The van der Waals surface area contributed by atoms with Crippen LogP contribution < -0.4 is 0 Å². The first-order valence-corrected chi connectivity index (χ1v) is 2.57. The lowest BCUT2D eigenvalue weighted by molar-refractivity contribution is 0.0578. The maximum Gasteiger partial charge on any atom is 0.399 e. The average Bonchev–Trinajstić information content (AvgIpc) is 2.12. The molecular formula is C3HN2O2S. The van der Waals surface area contributed by atoms with Gasteiger partial charge < -0.3 is 0 Å². The van der Waals surface area contributed by atoms with Crippen LogP contribution in [-0.4, -0.2) is 15.6 Å². The van der Waals surface area contributed by atoms with Gasteiger partial charge in [-0.3, -0.25) is 0 Å². The van der Waals surface area contributed by atoms with Crippen LogP contribution in [0.2, 0.25) is 0 Å². The molecule has 0 N–H and O–H groups in total. The maximum absolute atomic E-state index is 9.88. The zero-order chi connectivity index (χ0) is 5.98. The van der Waals surface area contributed by atoms with Gasteiger partial charge >= 0.3 is 5.97 Å². The lowest BCUT2D eigenvalue weighted by atomic mass is 10.6. The fourth-order valence-electron chi connectivity index (χ4n) is 0.257. The molecule has 0 aromatic carbocycles. The monoisotopic (exact) mass is 129 g/mol. The van der Waals surface area contributed by atoms with Gasteiger partial charge in [0.25, 0.3) is 0 Å². The predicted molar refractivity (Wildman–Crippen MR) is 24.9 cm³/mol. The SMILES string of the molecule is [O]C(=O)c1cnns1. The molecule has 41 valence electrons. The molecule has 0 fully saturated rings. The quantitative estimate of drug-likeness (QED) is 0.540. The molecule has 5 heteroatoms. The molecule has 0 bridgehead atoms. The van der Waals surface area contributed by atoms with Gasteiger partial charge in [0, 0.05) is 0 Å². The van der Waals surface area contributed by atoms with Gasteiger partial charge in [0.1, 0.15) is 0 Å². The molecule has 0 aliphatic rings. The Balaban J connectivity index is 2.93. The molecule has 0 aliphatic heterocycles. The van der Waals surface area contributed by atoms with Crippen LogP contribution in [0.15, 0.2) is 6.20 Å². The largest absolute Gasteiger partial charge is 0.399 e. The Kier molecular flexibility index (Phi) is 1.21. The van der Waals surface area contributed by atoms with Crippen molar-refractivity contribution >= 4 is 17.5 Å². The van der Waals surface area contributed by atoms with E-state index in [1.165, 1.54) is 0 Å². The second-order valence-electron chi connectivity index (χ2n) is 1.07.